The van der Waals surface area contributed by atoms with E-state index in [2.05, 4.69) is 4.98 Å². The maximum absolute atomic E-state index is 13.6. The number of piperidine rings is 1. The van der Waals surface area contributed by atoms with Crippen molar-refractivity contribution < 1.29 is 24.2 Å². The highest BCUT2D eigenvalue weighted by Crippen LogP contribution is 2.47. The number of hydrogen-bond donors (Lipinski definition) is 1. The highest BCUT2D eigenvalue weighted by Gasteiger charge is 2.48. The average molecular weight is 640 g/mol. The number of carbonyl (C=O) groups is 2. The molecule has 1 saturated carbocycles. The number of halogens is 1. The van der Waals surface area contributed by atoms with Gasteiger partial charge < -0.3 is 19.5 Å². The smallest absolute Gasteiger partial charge is 0.411 e. The van der Waals surface area contributed by atoms with Gasteiger partial charge in [0.25, 0.3) is 5.56 Å². The lowest BCUT2D eigenvalue weighted by Crippen LogP contribution is -2.56. The first kappa shape index (κ1) is 31.6. The second-order valence-electron chi connectivity index (χ2n) is 14.3. The fourth-order valence-corrected chi connectivity index (χ4v) is 6.69. The van der Waals surface area contributed by atoms with E-state index in [1.54, 1.807) is 15.5 Å². The lowest BCUT2D eigenvalue weighted by molar-refractivity contribution is -0.141. The summed E-state index contributed by atoms with van der Waals surface area (Å²) in [6.45, 7) is 11.6. The summed E-state index contributed by atoms with van der Waals surface area (Å²) in [5.41, 5.74) is -1.04. The zero-order valence-corrected chi connectivity index (χ0v) is 27.4. The number of hydrogen-bond acceptors (Lipinski definition) is 7. The van der Waals surface area contributed by atoms with Gasteiger partial charge in [-0.15, -0.1) is 0 Å². The Hall–Kier alpha value is -3.41. The van der Waals surface area contributed by atoms with Crippen LogP contribution in [0, 0.1) is 5.41 Å². The minimum absolute atomic E-state index is 0.0837. The number of benzene rings is 1. The minimum Gasteiger partial charge on any atom is -0.444 e. The highest BCUT2D eigenvalue weighted by molar-refractivity contribution is 6.31. The Balaban J connectivity index is 1.22. The third kappa shape index (κ3) is 5.97. The average Bonchev–Trinajstić information content (AvgIpc) is 3.64. The standard InChI is InChI=1S/C33H42ClN5O6/c1-30(2,3)45-29(42)38-16-17-44-20-32(38,5)22-6-8-23(9-7-22)39-25(34)18-24-26(39)35-21-37(27(24)40)19-33(43)12-14-36(15-13-33)28(41)31(4)10-11-31/h6-9,18,21,43H,10-17,19-20H2,1-5H3. The number of aromatic nitrogens is 3. The Morgan fingerprint density at radius 1 is 1.07 bits per heavy atom. The van der Waals surface area contributed by atoms with Gasteiger partial charge in [-0.25, -0.2) is 9.78 Å². The van der Waals surface area contributed by atoms with E-state index in [4.69, 9.17) is 21.1 Å². The molecule has 2 aromatic heterocycles. The van der Waals surface area contributed by atoms with Crippen molar-refractivity contribution in [2.75, 3.05) is 32.8 Å². The fraction of sp³-hybridized carbons (Fsp3) is 0.576. The number of nitrogens with zero attached hydrogens (tertiary/aromatic N) is 5. The first-order valence-electron chi connectivity index (χ1n) is 15.6. The molecule has 242 valence electrons. The first-order valence-corrected chi connectivity index (χ1v) is 16.0. The first-order chi connectivity index (χ1) is 21.1. The summed E-state index contributed by atoms with van der Waals surface area (Å²) in [6, 6.07) is 9.18. The zero-order valence-electron chi connectivity index (χ0n) is 26.6. The molecule has 11 nitrogen and oxygen atoms in total. The maximum atomic E-state index is 13.6. The molecule has 1 atom stereocenters. The van der Waals surface area contributed by atoms with Gasteiger partial charge in [-0.1, -0.05) is 30.7 Å². The van der Waals surface area contributed by atoms with Gasteiger partial charge in [-0.2, -0.15) is 0 Å². The van der Waals surface area contributed by atoms with Crippen LogP contribution in [0.2, 0.25) is 5.15 Å². The van der Waals surface area contributed by atoms with Crippen LogP contribution < -0.4 is 5.56 Å². The Labute approximate surface area is 267 Å². The molecule has 2 aliphatic heterocycles. The molecule has 0 radical (unpaired) electrons. The minimum atomic E-state index is -1.12. The molecule has 6 rings (SSSR count). The van der Waals surface area contributed by atoms with Gasteiger partial charge in [0.1, 0.15) is 17.1 Å². The van der Waals surface area contributed by atoms with Crippen molar-refractivity contribution >= 4 is 34.6 Å². The third-order valence-electron chi connectivity index (χ3n) is 9.50. The zero-order chi connectivity index (χ0) is 32.4. The number of amides is 2. The molecule has 1 unspecified atom stereocenters. The third-order valence-corrected chi connectivity index (χ3v) is 9.78. The van der Waals surface area contributed by atoms with Gasteiger partial charge in [-0.3, -0.25) is 23.6 Å². The van der Waals surface area contributed by atoms with Gasteiger partial charge in [0.15, 0.2) is 5.65 Å². The van der Waals surface area contributed by atoms with E-state index >= 15 is 0 Å². The van der Waals surface area contributed by atoms with Gasteiger partial charge in [0.2, 0.25) is 5.91 Å². The number of likely N-dealkylation sites (tertiary alicyclic amines) is 1. The molecule has 1 N–H and O–H groups in total. The van der Waals surface area contributed by atoms with E-state index in [0.29, 0.717) is 67.6 Å². The second-order valence-corrected chi connectivity index (χ2v) is 14.7. The molecule has 3 fully saturated rings. The van der Waals surface area contributed by atoms with Gasteiger partial charge in [0, 0.05) is 30.7 Å². The van der Waals surface area contributed by atoms with Gasteiger partial charge in [-0.05, 0) is 77.1 Å². The van der Waals surface area contributed by atoms with E-state index in [0.717, 1.165) is 18.4 Å². The van der Waals surface area contributed by atoms with Crippen LogP contribution in [0.5, 0.6) is 0 Å². The number of fused-ring (bicyclic) bond motifs is 1. The molecule has 0 spiro atoms. The van der Waals surface area contributed by atoms with Crippen molar-refractivity contribution in [1.82, 2.24) is 23.9 Å². The normalized spacial score (nSPS) is 22.8. The van der Waals surface area contributed by atoms with Crippen LogP contribution in [0.3, 0.4) is 0 Å². The van der Waals surface area contributed by atoms with Crippen molar-refractivity contribution in [3.05, 3.63) is 57.7 Å². The van der Waals surface area contributed by atoms with E-state index in [1.165, 1.54) is 10.9 Å². The number of morpholine rings is 1. The molecular formula is C33H42ClN5O6. The van der Waals surface area contributed by atoms with E-state index < -0.39 is 22.8 Å². The van der Waals surface area contributed by atoms with Gasteiger partial charge >= 0.3 is 6.09 Å². The van der Waals surface area contributed by atoms with E-state index in [-0.39, 0.29) is 23.4 Å². The molecule has 45 heavy (non-hydrogen) atoms. The summed E-state index contributed by atoms with van der Waals surface area (Å²) >= 11 is 6.67. The van der Waals surface area contributed by atoms with Crippen LogP contribution >= 0.6 is 11.6 Å². The van der Waals surface area contributed by atoms with Crippen LogP contribution in [0.1, 0.15) is 65.9 Å². The van der Waals surface area contributed by atoms with Crippen LogP contribution in [0.15, 0.2) is 41.5 Å². The van der Waals surface area contributed by atoms with Crippen LogP contribution in [-0.4, -0.2) is 85.1 Å². The predicted molar refractivity (Wildman–Crippen MR) is 170 cm³/mol. The second kappa shape index (κ2) is 11.1. The van der Waals surface area contributed by atoms with Crippen molar-refractivity contribution in [2.45, 2.75) is 83.6 Å². The molecule has 1 aromatic carbocycles. The lowest BCUT2D eigenvalue weighted by atomic mass is 9.90. The van der Waals surface area contributed by atoms with E-state index in [1.807, 2.05) is 63.8 Å². The Morgan fingerprint density at radius 2 is 1.73 bits per heavy atom. The Bertz CT molecular complexity index is 1680. The van der Waals surface area contributed by atoms with Crippen LogP contribution in [0.25, 0.3) is 16.7 Å². The van der Waals surface area contributed by atoms with Crippen molar-refractivity contribution in [3.63, 3.8) is 0 Å². The predicted octanol–water partition coefficient (Wildman–Crippen LogP) is 4.48. The Kier molecular flexibility index (Phi) is 7.81. The lowest BCUT2D eigenvalue weighted by Gasteiger charge is -2.45. The summed E-state index contributed by atoms with van der Waals surface area (Å²) in [4.78, 5) is 47.5. The van der Waals surface area contributed by atoms with Crippen LogP contribution in [-0.2, 0) is 26.4 Å². The molecule has 4 heterocycles. The molecule has 12 heteroatoms. The number of aliphatic hydroxyl groups is 1. The fourth-order valence-electron chi connectivity index (χ4n) is 6.40. The molecule has 2 amide bonds. The van der Waals surface area contributed by atoms with Crippen molar-refractivity contribution in [1.29, 1.82) is 0 Å². The molecule has 1 aliphatic carbocycles. The maximum Gasteiger partial charge on any atom is 0.411 e. The monoisotopic (exact) mass is 639 g/mol. The summed E-state index contributed by atoms with van der Waals surface area (Å²) < 4.78 is 14.6. The largest absolute Gasteiger partial charge is 0.444 e. The van der Waals surface area contributed by atoms with Gasteiger partial charge in [0.05, 0.1) is 36.3 Å². The van der Waals surface area contributed by atoms with Crippen molar-refractivity contribution in [3.8, 4) is 5.69 Å². The van der Waals surface area contributed by atoms with E-state index in [9.17, 15) is 19.5 Å². The molecule has 0 bridgehead atoms. The number of carbonyl (C=O) groups excluding carboxylic acids is 2. The summed E-state index contributed by atoms with van der Waals surface area (Å²) in [7, 11) is 0. The number of ether oxygens (including phenoxy) is 2. The quantitative estimate of drug-likeness (QED) is 0.437. The Morgan fingerprint density at radius 3 is 2.36 bits per heavy atom. The number of rotatable bonds is 5. The summed E-state index contributed by atoms with van der Waals surface area (Å²) in [6.07, 6.45) is 3.67. The SMILES string of the molecule is CC(C)(C)OC(=O)N1CCOCC1(C)c1ccc(-n2c(Cl)cc3c(=O)n(CC4(O)CCN(C(=O)C5(C)CC5)CC4)cnc32)cc1. The molecular weight excluding hydrogens is 598 g/mol. The highest BCUT2D eigenvalue weighted by atomic mass is 35.5. The molecule has 2 saturated heterocycles. The van der Waals surface area contributed by atoms with Crippen LogP contribution in [0.4, 0.5) is 4.79 Å². The summed E-state index contributed by atoms with van der Waals surface area (Å²) in [5.74, 6) is 0.162. The molecule has 3 aliphatic rings. The summed E-state index contributed by atoms with van der Waals surface area (Å²) in [5, 5.41) is 12.0. The molecule has 3 aromatic rings. The topological polar surface area (TPSA) is 119 Å². The van der Waals surface area contributed by atoms with Crippen molar-refractivity contribution in [2.24, 2.45) is 5.41 Å².